The highest BCUT2D eigenvalue weighted by molar-refractivity contribution is 9.10. The van der Waals surface area contributed by atoms with Gasteiger partial charge in [0.2, 0.25) is 0 Å². The molecule has 1 saturated heterocycles. The summed E-state index contributed by atoms with van der Waals surface area (Å²) in [5.74, 6) is -0.322. The third-order valence-electron chi connectivity index (χ3n) is 7.90. The maximum Gasteiger partial charge on any atom is 0.293 e. The molecule has 0 aromatic heterocycles. The zero-order chi connectivity index (χ0) is 28.5. The van der Waals surface area contributed by atoms with Gasteiger partial charge < -0.3 is 9.64 Å². The summed E-state index contributed by atoms with van der Waals surface area (Å²) in [6, 6.07) is 20.6. The summed E-state index contributed by atoms with van der Waals surface area (Å²) < 4.78 is 7.38. The second-order valence-electron chi connectivity index (χ2n) is 10.4. The molecule has 0 N–H and O–H groups in total. The molecule has 8 nitrogen and oxygen atoms in total. The Bertz CT molecular complexity index is 1530. The van der Waals surface area contributed by atoms with Crippen LogP contribution in [0.1, 0.15) is 46.8 Å². The first-order chi connectivity index (χ1) is 19.9. The number of allylic oxidation sites excluding steroid dienone is 1. The smallest absolute Gasteiger partial charge is 0.293 e. The fourth-order valence-electron chi connectivity index (χ4n) is 5.93. The van der Waals surface area contributed by atoms with Crippen LogP contribution in [0, 0.1) is 16.0 Å². The molecule has 6 rings (SSSR count). The average molecular weight is 680 g/mol. The molecular formula is C31H28Br2N4O4. The lowest BCUT2D eigenvalue weighted by molar-refractivity contribution is -0.384. The van der Waals surface area contributed by atoms with Crippen LogP contribution < -0.4 is 4.90 Å². The summed E-state index contributed by atoms with van der Waals surface area (Å²) in [6.45, 7) is 2.15. The van der Waals surface area contributed by atoms with Crippen LogP contribution in [0.25, 0.3) is 6.08 Å². The van der Waals surface area contributed by atoms with E-state index in [2.05, 4.69) is 50.1 Å². The number of hydrogen-bond acceptors (Lipinski definition) is 6. The Morgan fingerprint density at radius 3 is 2.37 bits per heavy atom. The molecule has 3 aromatic carbocycles. The van der Waals surface area contributed by atoms with Gasteiger partial charge in [0.15, 0.2) is 0 Å². The van der Waals surface area contributed by atoms with Crippen LogP contribution in [-0.2, 0) is 4.74 Å². The predicted octanol–water partition coefficient (Wildman–Crippen LogP) is 7.39. The van der Waals surface area contributed by atoms with E-state index >= 15 is 0 Å². The van der Waals surface area contributed by atoms with Gasteiger partial charge in [-0.25, -0.2) is 5.01 Å². The summed E-state index contributed by atoms with van der Waals surface area (Å²) in [5.41, 5.74) is 4.76. The second-order valence-corrected chi connectivity index (χ2v) is 12.2. The summed E-state index contributed by atoms with van der Waals surface area (Å²) in [5, 5.41) is 18.6. The average Bonchev–Trinajstić information content (AvgIpc) is 3.39. The number of rotatable bonds is 5. The van der Waals surface area contributed by atoms with Gasteiger partial charge in [0.25, 0.3) is 11.6 Å². The van der Waals surface area contributed by atoms with Crippen LogP contribution in [-0.4, -0.2) is 47.9 Å². The third kappa shape index (κ3) is 5.73. The lowest BCUT2D eigenvalue weighted by Crippen LogP contribution is -2.36. The molecule has 2 unspecified atom stereocenters. The largest absolute Gasteiger partial charge is 0.378 e. The molecule has 2 fully saturated rings. The zero-order valence-electron chi connectivity index (χ0n) is 22.2. The number of carbonyl (C=O) groups excluding carboxylic acids is 1. The minimum Gasteiger partial charge on any atom is -0.378 e. The number of anilines is 1. The summed E-state index contributed by atoms with van der Waals surface area (Å²) in [4.78, 5) is 27.8. The van der Waals surface area contributed by atoms with E-state index in [1.54, 1.807) is 17.1 Å². The number of fused-ring (bicyclic) bond motifs is 1. The van der Waals surface area contributed by atoms with Gasteiger partial charge in [0.05, 0.1) is 29.9 Å². The van der Waals surface area contributed by atoms with Crippen molar-refractivity contribution >= 4 is 60.9 Å². The lowest BCUT2D eigenvalue weighted by atomic mass is 9.77. The minimum atomic E-state index is -0.414. The van der Waals surface area contributed by atoms with Crippen LogP contribution in [0.3, 0.4) is 0 Å². The van der Waals surface area contributed by atoms with Crippen molar-refractivity contribution in [2.24, 2.45) is 11.0 Å². The topological polar surface area (TPSA) is 88.3 Å². The van der Waals surface area contributed by atoms with Gasteiger partial charge in [-0.1, -0.05) is 56.1 Å². The van der Waals surface area contributed by atoms with Crippen molar-refractivity contribution in [2.75, 3.05) is 31.2 Å². The van der Waals surface area contributed by atoms with Crippen LogP contribution in [0.4, 0.5) is 11.4 Å². The van der Waals surface area contributed by atoms with Gasteiger partial charge in [-0.05, 0) is 78.4 Å². The normalized spacial score (nSPS) is 21.5. The second kappa shape index (κ2) is 11.9. The number of nitro benzene ring substituents is 1. The number of hydrogen-bond donors (Lipinski definition) is 0. The molecule has 1 aliphatic carbocycles. The Hall–Kier alpha value is -3.34. The first-order valence-corrected chi connectivity index (χ1v) is 15.2. The molecular weight excluding hydrogens is 652 g/mol. The Morgan fingerprint density at radius 2 is 1.68 bits per heavy atom. The summed E-state index contributed by atoms with van der Waals surface area (Å²) >= 11 is 7.02. The van der Waals surface area contributed by atoms with E-state index in [0.29, 0.717) is 32.0 Å². The van der Waals surface area contributed by atoms with Crippen molar-refractivity contribution in [3.63, 3.8) is 0 Å². The van der Waals surface area contributed by atoms with Crippen LogP contribution >= 0.6 is 31.9 Å². The highest BCUT2D eigenvalue weighted by Crippen LogP contribution is 2.45. The van der Waals surface area contributed by atoms with E-state index in [-0.39, 0.29) is 29.1 Å². The summed E-state index contributed by atoms with van der Waals surface area (Å²) in [6.07, 6.45) is 4.92. The molecule has 41 heavy (non-hydrogen) atoms. The number of hydrazone groups is 1. The first-order valence-electron chi connectivity index (χ1n) is 13.6. The number of morpholine rings is 1. The van der Waals surface area contributed by atoms with Gasteiger partial charge in [-0.3, -0.25) is 14.9 Å². The Labute approximate surface area is 255 Å². The zero-order valence-corrected chi connectivity index (χ0v) is 25.4. The minimum absolute atomic E-state index is 0.0261. The molecule has 10 heteroatoms. The Kier molecular flexibility index (Phi) is 8.05. The van der Waals surface area contributed by atoms with Gasteiger partial charge in [0, 0.05) is 39.6 Å². The van der Waals surface area contributed by atoms with Crippen LogP contribution in [0.5, 0.6) is 0 Å². The molecule has 2 atom stereocenters. The fourth-order valence-corrected chi connectivity index (χ4v) is 6.46. The van der Waals surface area contributed by atoms with Gasteiger partial charge in [-0.15, -0.1) is 0 Å². The molecule has 2 aliphatic heterocycles. The predicted molar refractivity (Wildman–Crippen MR) is 166 cm³/mol. The van der Waals surface area contributed by atoms with Crippen molar-refractivity contribution in [1.82, 2.24) is 5.01 Å². The Balaban J connectivity index is 1.40. The van der Waals surface area contributed by atoms with E-state index < -0.39 is 4.92 Å². The van der Waals surface area contributed by atoms with Crippen molar-refractivity contribution in [1.29, 1.82) is 0 Å². The standard InChI is InChI=1S/C31H28Br2N4O4/c32-24-9-4-20(5-10-24)18-22-2-1-3-26-29(22)34-36(30(26)21-6-11-25(33)12-7-21)31(38)23-8-13-27(28(19-23)37(39)40)35-14-16-41-17-15-35/h4-13,18-19,26,30H,1-3,14-17H2. The fraction of sp³-hybridized carbons (Fsp3) is 0.290. The van der Waals surface area contributed by atoms with Crippen molar-refractivity contribution < 1.29 is 14.5 Å². The van der Waals surface area contributed by atoms with Gasteiger partial charge in [-0.2, -0.15) is 5.10 Å². The first kappa shape index (κ1) is 27.8. The van der Waals surface area contributed by atoms with Gasteiger partial charge >= 0.3 is 0 Å². The maximum atomic E-state index is 14.1. The lowest BCUT2D eigenvalue weighted by Gasteiger charge is -2.30. The highest BCUT2D eigenvalue weighted by atomic mass is 79.9. The monoisotopic (exact) mass is 678 g/mol. The maximum absolute atomic E-state index is 14.1. The van der Waals surface area contributed by atoms with Crippen LogP contribution in [0.15, 0.2) is 86.3 Å². The summed E-state index contributed by atoms with van der Waals surface area (Å²) in [7, 11) is 0. The molecule has 210 valence electrons. The number of amides is 1. The Morgan fingerprint density at radius 1 is 1.00 bits per heavy atom. The number of carbonyl (C=O) groups is 1. The van der Waals surface area contributed by atoms with Crippen molar-refractivity contribution in [2.45, 2.75) is 25.3 Å². The number of nitro groups is 1. The van der Waals surface area contributed by atoms with Crippen LogP contribution in [0.2, 0.25) is 0 Å². The number of nitrogens with zero attached hydrogens (tertiary/aromatic N) is 4. The molecule has 0 spiro atoms. The highest BCUT2D eigenvalue weighted by Gasteiger charge is 2.44. The number of benzene rings is 3. The molecule has 1 amide bonds. The van der Waals surface area contributed by atoms with Crippen molar-refractivity contribution in [3.8, 4) is 0 Å². The van der Waals surface area contributed by atoms with E-state index in [4.69, 9.17) is 9.84 Å². The molecule has 1 saturated carbocycles. The van der Waals surface area contributed by atoms with E-state index in [1.165, 1.54) is 6.07 Å². The molecule has 0 bridgehead atoms. The molecule has 3 aromatic rings. The van der Waals surface area contributed by atoms with E-state index in [0.717, 1.165) is 50.6 Å². The number of ether oxygens (including phenoxy) is 1. The van der Waals surface area contributed by atoms with E-state index in [1.807, 2.05) is 41.3 Å². The molecule has 3 aliphatic rings. The quantitative estimate of drug-likeness (QED) is 0.207. The van der Waals surface area contributed by atoms with E-state index in [9.17, 15) is 14.9 Å². The molecule has 2 heterocycles. The van der Waals surface area contributed by atoms with Gasteiger partial charge in [0.1, 0.15) is 5.69 Å². The van der Waals surface area contributed by atoms with Crippen molar-refractivity contribution in [3.05, 3.63) is 108 Å². The number of halogens is 2. The molecule has 0 radical (unpaired) electrons. The SMILES string of the molecule is O=C(c1ccc(N2CCOCC2)c([N+](=O)[O-])c1)N1N=C2C(=Cc3ccc(Br)cc3)CCCC2C1c1ccc(Br)cc1. The third-order valence-corrected chi connectivity index (χ3v) is 8.96.